The monoisotopic (exact) mass is 345 g/mol. The van der Waals surface area contributed by atoms with Gasteiger partial charge in [-0.25, -0.2) is 3.11 Å². The summed E-state index contributed by atoms with van der Waals surface area (Å²) in [7, 11) is 3.96. The lowest BCUT2D eigenvalue weighted by Gasteiger charge is -2.09. The van der Waals surface area contributed by atoms with Gasteiger partial charge < -0.3 is 20.1 Å². The number of hydrogen-bond acceptors (Lipinski definition) is 5. The van der Waals surface area contributed by atoms with E-state index >= 15 is 0 Å². The Morgan fingerprint density at radius 1 is 1.00 bits per heavy atom. The van der Waals surface area contributed by atoms with Gasteiger partial charge in [-0.05, 0) is 14.1 Å². The van der Waals surface area contributed by atoms with Crippen LogP contribution in [-0.2, 0) is 9.47 Å². The van der Waals surface area contributed by atoms with Crippen LogP contribution in [0.3, 0.4) is 0 Å². The highest BCUT2D eigenvalue weighted by Crippen LogP contribution is 1.90. The normalized spacial score (nSPS) is 11.2. The fourth-order valence-electron chi connectivity index (χ4n) is 0.982. The fourth-order valence-corrected chi connectivity index (χ4v) is 1.18. The zero-order valence-corrected chi connectivity index (χ0v) is 12.5. The lowest BCUT2D eigenvalue weighted by Crippen LogP contribution is -2.26. The summed E-state index contributed by atoms with van der Waals surface area (Å²) < 4.78 is 12.9. The molecule has 0 rings (SSSR count). The molecule has 0 bridgehead atoms. The summed E-state index contributed by atoms with van der Waals surface area (Å²) >= 11 is 2.25. The van der Waals surface area contributed by atoms with E-state index in [1.807, 2.05) is 14.1 Å². The lowest BCUT2D eigenvalue weighted by atomic mass is 10.6. The van der Waals surface area contributed by atoms with E-state index in [1.54, 1.807) is 0 Å². The molecule has 6 heteroatoms. The van der Waals surface area contributed by atoms with Crippen LogP contribution >= 0.6 is 22.9 Å². The molecule has 0 aromatic rings. The highest BCUT2D eigenvalue weighted by molar-refractivity contribution is 14.1. The number of rotatable bonds is 12. The minimum Gasteiger partial charge on any atom is -0.379 e. The van der Waals surface area contributed by atoms with Crippen LogP contribution in [0.2, 0.25) is 0 Å². The molecule has 0 aliphatic rings. The molecule has 0 spiro atoms. The predicted octanol–water partition coefficient (Wildman–Crippen LogP) is 0.110. The molecule has 0 fully saturated rings. The molecule has 0 aliphatic heterocycles. The molecule has 0 unspecified atom stereocenters. The minimum absolute atomic E-state index is 0.762. The number of hydrogen-bond donors (Lipinski definition) is 2. The van der Waals surface area contributed by atoms with Crippen molar-refractivity contribution in [2.75, 3.05) is 66.7 Å². The molecule has 0 heterocycles. The largest absolute Gasteiger partial charge is 0.379 e. The van der Waals surface area contributed by atoms with Gasteiger partial charge in [-0.15, -0.1) is 0 Å². The van der Waals surface area contributed by atoms with Crippen molar-refractivity contribution in [3.63, 3.8) is 0 Å². The third-order valence-electron chi connectivity index (χ3n) is 1.89. The number of ether oxygens (including phenoxy) is 2. The van der Waals surface area contributed by atoms with Gasteiger partial charge in [-0.2, -0.15) is 0 Å². The Morgan fingerprint density at radius 2 is 1.56 bits per heavy atom. The minimum atomic E-state index is 0.762. The van der Waals surface area contributed by atoms with Gasteiger partial charge in [0.2, 0.25) is 0 Å². The standard InChI is InChI=1S/C10H24IN3O2/c1-12-3-7-15-8-4-13-5-9-16-10-6-14(2)11/h12-13H,3-10H2,1-2H3. The average molecular weight is 345 g/mol. The Bertz CT molecular complexity index is 139. The smallest absolute Gasteiger partial charge is 0.0602 e. The maximum Gasteiger partial charge on any atom is 0.0602 e. The van der Waals surface area contributed by atoms with Crippen molar-refractivity contribution < 1.29 is 9.47 Å². The van der Waals surface area contributed by atoms with E-state index in [4.69, 9.17) is 9.47 Å². The summed E-state index contributed by atoms with van der Waals surface area (Å²) in [6, 6.07) is 0. The van der Waals surface area contributed by atoms with E-state index in [1.165, 1.54) is 0 Å². The number of likely N-dealkylation sites (N-methyl/N-ethyl adjacent to an activating group) is 2. The SMILES string of the molecule is CNCCOCCNCCOCCN(C)I. The second-order valence-corrected chi connectivity index (χ2v) is 5.05. The molecule has 5 nitrogen and oxygen atoms in total. The fraction of sp³-hybridized carbons (Fsp3) is 1.00. The molecule has 16 heavy (non-hydrogen) atoms. The summed E-state index contributed by atoms with van der Waals surface area (Å²) in [6.07, 6.45) is 0. The Labute approximate surface area is 113 Å². The quantitative estimate of drug-likeness (QED) is 0.299. The number of nitrogens with zero attached hydrogens (tertiary/aromatic N) is 1. The summed E-state index contributed by atoms with van der Waals surface area (Å²) in [6.45, 7) is 6.75. The summed E-state index contributed by atoms with van der Waals surface area (Å²) in [5.74, 6) is 0. The number of nitrogens with one attached hydrogen (secondary N) is 2. The van der Waals surface area contributed by atoms with Crippen LogP contribution in [-0.4, -0.2) is 69.8 Å². The van der Waals surface area contributed by atoms with Crippen molar-refractivity contribution in [1.29, 1.82) is 0 Å². The molecular weight excluding hydrogens is 321 g/mol. The van der Waals surface area contributed by atoms with Crippen molar-refractivity contribution >= 4 is 22.9 Å². The highest BCUT2D eigenvalue weighted by atomic mass is 127. The van der Waals surface area contributed by atoms with Gasteiger partial charge in [0.1, 0.15) is 0 Å². The van der Waals surface area contributed by atoms with Crippen LogP contribution in [0.4, 0.5) is 0 Å². The first-order valence-electron chi connectivity index (χ1n) is 5.65. The molecule has 0 aromatic heterocycles. The van der Waals surface area contributed by atoms with Crippen molar-refractivity contribution in [2.24, 2.45) is 0 Å². The maximum absolute atomic E-state index is 5.43. The van der Waals surface area contributed by atoms with E-state index in [9.17, 15) is 0 Å². The second-order valence-electron chi connectivity index (χ2n) is 3.41. The first-order valence-corrected chi connectivity index (χ1v) is 6.61. The van der Waals surface area contributed by atoms with Crippen LogP contribution < -0.4 is 10.6 Å². The predicted molar refractivity (Wildman–Crippen MR) is 75.1 cm³/mol. The Morgan fingerprint density at radius 3 is 2.12 bits per heavy atom. The molecule has 0 aromatic carbocycles. The van der Waals surface area contributed by atoms with E-state index < -0.39 is 0 Å². The third-order valence-corrected chi connectivity index (χ3v) is 2.37. The first-order chi connectivity index (χ1) is 7.77. The molecule has 2 N–H and O–H groups in total. The van der Waals surface area contributed by atoms with Crippen molar-refractivity contribution in [3.05, 3.63) is 0 Å². The lowest BCUT2D eigenvalue weighted by molar-refractivity contribution is 0.120. The molecule has 0 radical (unpaired) electrons. The van der Waals surface area contributed by atoms with Gasteiger partial charge >= 0.3 is 0 Å². The van der Waals surface area contributed by atoms with Crippen LogP contribution in [0.15, 0.2) is 0 Å². The maximum atomic E-state index is 5.43. The van der Waals surface area contributed by atoms with Crippen molar-refractivity contribution in [2.45, 2.75) is 0 Å². The Hall–Kier alpha value is 0.530. The summed E-state index contributed by atoms with van der Waals surface area (Å²) in [4.78, 5) is 0. The number of halogens is 1. The molecule has 0 atom stereocenters. The van der Waals surface area contributed by atoms with Crippen molar-refractivity contribution in [3.8, 4) is 0 Å². The van der Waals surface area contributed by atoms with Gasteiger partial charge in [0.05, 0.1) is 26.4 Å². The van der Waals surface area contributed by atoms with E-state index in [0.717, 1.165) is 52.6 Å². The topological polar surface area (TPSA) is 45.8 Å². The van der Waals surface area contributed by atoms with E-state index in [2.05, 4.69) is 36.6 Å². The highest BCUT2D eigenvalue weighted by Gasteiger charge is 1.92. The van der Waals surface area contributed by atoms with Crippen LogP contribution in [0, 0.1) is 0 Å². The van der Waals surface area contributed by atoms with Gasteiger partial charge in [-0.1, -0.05) is 0 Å². The Kier molecular flexibility index (Phi) is 14.0. The zero-order valence-electron chi connectivity index (χ0n) is 10.3. The van der Waals surface area contributed by atoms with Gasteiger partial charge in [-0.3, -0.25) is 0 Å². The van der Waals surface area contributed by atoms with Gasteiger partial charge in [0, 0.05) is 49.0 Å². The van der Waals surface area contributed by atoms with Crippen LogP contribution in [0.1, 0.15) is 0 Å². The van der Waals surface area contributed by atoms with Crippen molar-refractivity contribution in [1.82, 2.24) is 13.7 Å². The van der Waals surface area contributed by atoms with E-state index in [-0.39, 0.29) is 0 Å². The first kappa shape index (κ1) is 16.5. The molecule has 0 aliphatic carbocycles. The van der Waals surface area contributed by atoms with Gasteiger partial charge in [0.15, 0.2) is 0 Å². The van der Waals surface area contributed by atoms with Gasteiger partial charge in [0.25, 0.3) is 0 Å². The summed E-state index contributed by atoms with van der Waals surface area (Å²) in [5.41, 5.74) is 0. The van der Waals surface area contributed by atoms with Crippen LogP contribution in [0.25, 0.3) is 0 Å². The summed E-state index contributed by atoms with van der Waals surface area (Å²) in [5, 5.41) is 6.30. The average Bonchev–Trinajstić information content (AvgIpc) is 2.25. The molecule has 0 amide bonds. The van der Waals surface area contributed by atoms with Crippen LogP contribution in [0.5, 0.6) is 0 Å². The molecule has 0 saturated carbocycles. The molecule has 0 saturated heterocycles. The van der Waals surface area contributed by atoms with E-state index in [0.29, 0.717) is 0 Å². The Balaban J connectivity index is 2.88. The zero-order chi connectivity index (χ0) is 12.1. The third kappa shape index (κ3) is 14.5. The molecule has 98 valence electrons. The second kappa shape index (κ2) is 13.6. The molecular formula is C10H24IN3O2.